The van der Waals surface area contributed by atoms with Gasteiger partial charge in [0.05, 0.1) is 16.0 Å². The molecule has 0 N–H and O–H groups in total. The lowest BCUT2D eigenvalue weighted by atomic mass is 10.1. The van der Waals surface area contributed by atoms with Crippen LogP contribution in [-0.4, -0.2) is 29.4 Å². The first-order chi connectivity index (χ1) is 11.8. The third-order valence-electron chi connectivity index (χ3n) is 3.80. The standard InChI is InChI=1S/C17H16ClFN2O4/c1-11(12-3-5-13(19)6-4-12)20(2)17(22)10-25-16-8-7-14(21(23)24)9-15(16)18/h3-9,11H,10H2,1-2H3. The topological polar surface area (TPSA) is 72.7 Å². The summed E-state index contributed by atoms with van der Waals surface area (Å²) in [5.74, 6) is -0.476. The Morgan fingerprint density at radius 3 is 2.52 bits per heavy atom. The number of rotatable bonds is 6. The molecule has 132 valence electrons. The van der Waals surface area contributed by atoms with Gasteiger partial charge in [-0.2, -0.15) is 0 Å². The molecule has 1 unspecified atom stereocenters. The summed E-state index contributed by atoms with van der Waals surface area (Å²) in [6.07, 6.45) is 0. The molecule has 2 aromatic rings. The van der Waals surface area contributed by atoms with Crippen LogP contribution in [0.5, 0.6) is 5.75 Å². The molecule has 0 fully saturated rings. The number of nitrogens with zero attached hydrogens (tertiary/aromatic N) is 2. The van der Waals surface area contributed by atoms with Crippen molar-refractivity contribution in [2.75, 3.05) is 13.7 Å². The Morgan fingerprint density at radius 2 is 1.96 bits per heavy atom. The van der Waals surface area contributed by atoms with E-state index in [1.165, 1.54) is 29.2 Å². The fourth-order valence-corrected chi connectivity index (χ4v) is 2.37. The minimum absolute atomic E-state index is 0.0521. The molecular weight excluding hydrogens is 351 g/mol. The third-order valence-corrected chi connectivity index (χ3v) is 4.10. The van der Waals surface area contributed by atoms with Crippen molar-refractivity contribution in [2.45, 2.75) is 13.0 Å². The molecule has 0 bridgehead atoms. The average Bonchev–Trinajstić information content (AvgIpc) is 2.59. The van der Waals surface area contributed by atoms with Crippen LogP contribution in [0.15, 0.2) is 42.5 Å². The van der Waals surface area contributed by atoms with Crippen LogP contribution in [0.4, 0.5) is 10.1 Å². The van der Waals surface area contributed by atoms with Crippen LogP contribution in [0.3, 0.4) is 0 Å². The van der Waals surface area contributed by atoms with E-state index in [1.54, 1.807) is 19.2 Å². The van der Waals surface area contributed by atoms with Gasteiger partial charge in [-0.3, -0.25) is 14.9 Å². The van der Waals surface area contributed by atoms with Gasteiger partial charge in [-0.15, -0.1) is 0 Å². The van der Waals surface area contributed by atoms with E-state index in [1.807, 2.05) is 6.92 Å². The van der Waals surface area contributed by atoms with Crippen molar-refractivity contribution in [3.63, 3.8) is 0 Å². The summed E-state index contributed by atoms with van der Waals surface area (Å²) in [5, 5.41) is 10.7. The zero-order valence-electron chi connectivity index (χ0n) is 13.6. The average molecular weight is 367 g/mol. The second-order valence-corrected chi connectivity index (χ2v) is 5.80. The highest BCUT2D eigenvalue weighted by Crippen LogP contribution is 2.28. The predicted molar refractivity (Wildman–Crippen MR) is 91.2 cm³/mol. The van der Waals surface area contributed by atoms with Crippen molar-refractivity contribution >= 4 is 23.2 Å². The van der Waals surface area contributed by atoms with Gasteiger partial charge in [0, 0.05) is 19.2 Å². The quantitative estimate of drug-likeness (QED) is 0.572. The number of carbonyl (C=O) groups is 1. The Kier molecular flexibility index (Phi) is 5.93. The Labute approximate surface area is 148 Å². The van der Waals surface area contributed by atoms with Crippen LogP contribution in [0.1, 0.15) is 18.5 Å². The summed E-state index contributed by atoms with van der Waals surface area (Å²) in [4.78, 5) is 23.8. The van der Waals surface area contributed by atoms with Gasteiger partial charge in [-0.1, -0.05) is 23.7 Å². The molecular formula is C17H16ClFN2O4. The minimum Gasteiger partial charge on any atom is -0.482 e. The van der Waals surface area contributed by atoms with Gasteiger partial charge in [-0.05, 0) is 30.7 Å². The number of non-ortho nitro benzene ring substituents is 1. The number of likely N-dealkylation sites (N-methyl/N-ethyl adjacent to an activating group) is 1. The molecule has 0 saturated heterocycles. The normalized spacial score (nSPS) is 11.7. The van der Waals surface area contributed by atoms with Gasteiger partial charge >= 0.3 is 0 Å². The van der Waals surface area contributed by atoms with Crippen molar-refractivity contribution in [3.8, 4) is 5.75 Å². The van der Waals surface area contributed by atoms with Gasteiger partial charge in [-0.25, -0.2) is 4.39 Å². The van der Waals surface area contributed by atoms with E-state index in [4.69, 9.17) is 16.3 Å². The van der Waals surface area contributed by atoms with Crippen molar-refractivity contribution in [3.05, 3.63) is 69.0 Å². The fraction of sp³-hybridized carbons (Fsp3) is 0.235. The molecule has 0 radical (unpaired) electrons. The van der Waals surface area contributed by atoms with Crippen LogP contribution in [0.25, 0.3) is 0 Å². The molecule has 0 aromatic heterocycles. The molecule has 8 heteroatoms. The van der Waals surface area contributed by atoms with Crippen molar-refractivity contribution < 1.29 is 18.8 Å². The van der Waals surface area contributed by atoms with Crippen LogP contribution in [0.2, 0.25) is 5.02 Å². The molecule has 6 nitrogen and oxygen atoms in total. The molecule has 2 aromatic carbocycles. The summed E-state index contributed by atoms with van der Waals surface area (Å²) in [7, 11) is 1.61. The van der Waals surface area contributed by atoms with Crippen molar-refractivity contribution in [1.82, 2.24) is 4.90 Å². The molecule has 0 aliphatic rings. The van der Waals surface area contributed by atoms with E-state index in [-0.39, 0.29) is 40.8 Å². The van der Waals surface area contributed by atoms with Crippen LogP contribution < -0.4 is 4.74 Å². The largest absolute Gasteiger partial charge is 0.482 e. The number of carbonyl (C=O) groups excluding carboxylic acids is 1. The second kappa shape index (κ2) is 7.94. The summed E-state index contributed by atoms with van der Waals surface area (Å²) >= 11 is 5.92. The number of ether oxygens (including phenoxy) is 1. The number of hydrogen-bond donors (Lipinski definition) is 0. The Morgan fingerprint density at radius 1 is 1.32 bits per heavy atom. The Hall–Kier alpha value is -2.67. The molecule has 0 spiro atoms. The molecule has 1 amide bonds. The highest BCUT2D eigenvalue weighted by Gasteiger charge is 2.19. The SMILES string of the molecule is CC(c1ccc(F)cc1)N(C)C(=O)COc1ccc([N+](=O)[O-])cc1Cl. The first-order valence-corrected chi connectivity index (χ1v) is 7.75. The molecule has 2 rings (SSSR count). The lowest BCUT2D eigenvalue weighted by molar-refractivity contribution is -0.384. The maximum atomic E-state index is 13.0. The molecule has 0 heterocycles. The maximum Gasteiger partial charge on any atom is 0.271 e. The number of nitro groups is 1. The first-order valence-electron chi connectivity index (χ1n) is 7.37. The van der Waals surface area contributed by atoms with Crippen LogP contribution >= 0.6 is 11.6 Å². The first kappa shape index (κ1) is 18.7. The molecule has 1 atom stereocenters. The van der Waals surface area contributed by atoms with E-state index in [0.717, 1.165) is 11.6 Å². The number of amides is 1. The molecule has 25 heavy (non-hydrogen) atoms. The summed E-state index contributed by atoms with van der Waals surface area (Å²) in [6, 6.07) is 9.36. The third kappa shape index (κ3) is 4.67. The summed E-state index contributed by atoms with van der Waals surface area (Å²) in [5.41, 5.74) is 0.622. The van der Waals surface area contributed by atoms with Crippen molar-refractivity contribution in [1.29, 1.82) is 0 Å². The molecule has 0 aliphatic heterocycles. The van der Waals surface area contributed by atoms with Crippen LogP contribution in [-0.2, 0) is 4.79 Å². The molecule has 0 saturated carbocycles. The van der Waals surface area contributed by atoms with Gasteiger partial charge in [0.15, 0.2) is 6.61 Å². The number of hydrogen-bond acceptors (Lipinski definition) is 4. The second-order valence-electron chi connectivity index (χ2n) is 5.39. The van der Waals surface area contributed by atoms with Gasteiger partial charge in [0.1, 0.15) is 11.6 Å². The van der Waals surface area contributed by atoms with Crippen molar-refractivity contribution in [2.24, 2.45) is 0 Å². The minimum atomic E-state index is -0.570. The fourth-order valence-electron chi connectivity index (χ4n) is 2.14. The lowest BCUT2D eigenvalue weighted by Crippen LogP contribution is -2.33. The highest BCUT2D eigenvalue weighted by molar-refractivity contribution is 6.32. The smallest absolute Gasteiger partial charge is 0.271 e. The summed E-state index contributed by atoms with van der Waals surface area (Å²) in [6.45, 7) is 1.53. The van der Waals surface area contributed by atoms with Gasteiger partial charge < -0.3 is 9.64 Å². The predicted octanol–water partition coefficient (Wildman–Crippen LogP) is 3.99. The maximum absolute atomic E-state index is 13.0. The number of nitro benzene ring substituents is 1. The lowest BCUT2D eigenvalue weighted by Gasteiger charge is -2.25. The van der Waals surface area contributed by atoms with E-state index in [2.05, 4.69) is 0 Å². The van der Waals surface area contributed by atoms with E-state index in [9.17, 15) is 19.3 Å². The highest BCUT2D eigenvalue weighted by atomic mass is 35.5. The Balaban J connectivity index is 1.99. The summed E-state index contributed by atoms with van der Waals surface area (Å²) < 4.78 is 18.3. The van der Waals surface area contributed by atoms with Gasteiger partial charge in [0.2, 0.25) is 0 Å². The van der Waals surface area contributed by atoms with E-state index < -0.39 is 4.92 Å². The monoisotopic (exact) mass is 366 g/mol. The van der Waals surface area contributed by atoms with E-state index >= 15 is 0 Å². The van der Waals surface area contributed by atoms with Gasteiger partial charge in [0.25, 0.3) is 11.6 Å². The Bertz CT molecular complexity index is 783. The van der Waals surface area contributed by atoms with E-state index in [0.29, 0.717) is 0 Å². The number of halogens is 2. The zero-order chi connectivity index (χ0) is 18.6. The zero-order valence-corrected chi connectivity index (χ0v) is 14.4. The van der Waals surface area contributed by atoms with Crippen LogP contribution in [0, 0.1) is 15.9 Å². The number of benzene rings is 2. The molecule has 0 aliphatic carbocycles.